The molecular formula is C12H14N2O3. The number of methoxy groups -OCH3 is 1. The van der Waals surface area contributed by atoms with Crippen molar-refractivity contribution in [1.29, 1.82) is 0 Å². The molecule has 90 valence electrons. The molecule has 0 aliphatic rings. The molecule has 5 nitrogen and oxygen atoms in total. The molecule has 0 saturated heterocycles. The lowest BCUT2D eigenvalue weighted by Crippen LogP contribution is -2.06. The monoisotopic (exact) mass is 234 g/mol. The lowest BCUT2D eigenvalue weighted by Gasteiger charge is -2.00. The van der Waals surface area contributed by atoms with Crippen LogP contribution in [0.1, 0.15) is 12.8 Å². The van der Waals surface area contributed by atoms with Crippen molar-refractivity contribution in [3.63, 3.8) is 0 Å². The zero-order valence-corrected chi connectivity index (χ0v) is 9.60. The van der Waals surface area contributed by atoms with Crippen molar-refractivity contribution < 1.29 is 13.9 Å². The average Bonchev–Trinajstić information content (AvgIpc) is 2.76. The molecule has 2 rings (SSSR count). The van der Waals surface area contributed by atoms with E-state index < -0.39 is 0 Å². The van der Waals surface area contributed by atoms with E-state index in [9.17, 15) is 4.79 Å². The van der Waals surface area contributed by atoms with Crippen LogP contribution in [0.15, 0.2) is 28.7 Å². The molecule has 5 heteroatoms. The maximum absolute atomic E-state index is 10.9. The zero-order chi connectivity index (χ0) is 12.1. The van der Waals surface area contributed by atoms with Crippen LogP contribution in [0.25, 0.3) is 11.1 Å². The number of aromatic nitrogens is 1. The van der Waals surface area contributed by atoms with Crippen LogP contribution in [0.3, 0.4) is 0 Å². The number of oxazole rings is 1. The summed E-state index contributed by atoms with van der Waals surface area (Å²) in [6.45, 7) is 0.627. The van der Waals surface area contributed by atoms with Gasteiger partial charge in [-0.05, 0) is 18.6 Å². The third-order valence-electron chi connectivity index (χ3n) is 2.36. The van der Waals surface area contributed by atoms with Gasteiger partial charge in [-0.15, -0.1) is 0 Å². The first-order valence-corrected chi connectivity index (χ1v) is 5.46. The van der Waals surface area contributed by atoms with Gasteiger partial charge in [0.15, 0.2) is 5.58 Å². The molecule has 0 bridgehead atoms. The summed E-state index contributed by atoms with van der Waals surface area (Å²) in [5.41, 5.74) is 1.57. The molecule has 0 aliphatic carbocycles. The topological polar surface area (TPSA) is 64.4 Å². The van der Waals surface area contributed by atoms with Crippen molar-refractivity contribution in [2.75, 3.05) is 19.0 Å². The lowest BCUT2D eigenvalue weighted by atomic mass is 10.3. The van der Waals surface area contributed by atoms with E-state index in [1.54, 1.807) is 0 Å². The minimum absolute atomic E-state index is 0.204. The summed E-state index contributed by atoms with van der Waals surface area (Å²) in [4.78, 5) is 15.1. The molecule has 0 amide bonds. The van der Waals surface area contributed by atoms with Gasteiger partial charge in [0.25, 0.3) is 6.01 Å². The SMILES string of the molecule is COC(=O)CCCNc1nc2ccccc2o1. The fourth-order valence-corrected chi connectivity index (χ4v) is 1.48. The first-order valence-electron chi connectivity index (χ1n) is 5.46. The standard InChI is InChI=1S/C12H14N2O3/c1-16-11(15)7-4-8-13-12-14-9-5-2-3-6-10(9)17-12/h2-3,5-6H,4,7-8H2,1H3,(H,13,14). The molecule has 1 aromatic carbocycles. The molecule has 1 heterocycles. The number of nitrogens with one attached hydrogen (secondary N) is 1. The maximum Gasteiger partial charge on any atom is 0.305 e. The highest BCUT2D eigenvalue weighted by molar-refractivity contribution is 5.74. The largest absolute Gasteiger partial charge is 0.469 e. The van der Waals surface area contributed by atoms with Gasteiger partial charge in [0.1, 0.15) is 5.52 Å². The highest BCUT2D eigenvalue weighted by Crippen LogP contribution is 2.17. The van der Waals surface area contributed by atoms with Crippen LogP contribution in [-0.2, 0) is 9.53 Å². The number of rotatable bonds is 5. The second-order valence-electron chi connectivity index (χ2n) is 3.59. The Labute approximate surface area is 98.8 Å². The van der Waals surface area contributed by atoms with Crippen LogP contribution < -0.4 is 5.32 Å². The van der Waals surface area contributed by atoms with Gasteiger partial charge in [-0.1, -0.05) is 12.1 Å². The Kier molecular flexibility index (Phi) is 3.59. The Morgan fingerprint density at radius 2 is 2.29 bits per heavy atom. The van der Waals surface area contributed by atoms with Crippen molar-refractivity contribution in [3.8, 4) is 0 Å². The minimum Gasteiger partial charge on any atom is -0.469 e. The maximum atomic E-state index is 10.9. The van der Waals surface area contributed by atoms with Gasteiger partial charge in [-0.2, -0.15) is 4.98 Å². The fourth-order valence-electron chi connectivity index (χ4n) is 1.48. The first kappa shape index (κ1) is 11.4. The Hall–Kier alpha value is -2.04. The van der Waals surface area contributed by atoms with Crippen LogP contribution >= 0.6 is 0 Å². The van der Waals surface area contributed by atoms with Gasteiger partial charge in [0, 0.05) is 13.0 Å². The number of esters is 1. The molecule has 0 atom stereocenters. The molecule has 1 N–H and O–H groups in total. The summed E-state index contributed by atoms with van der Waals surface area (Å²) >= 11 is 0. The molecule has 0 saturated carbocycles. The van der Waals surface area contributed by atoms with Crippen LogP contribution in [0, 0.1) is 0 Å². The Balaban J connectivity index is 1.85. The van der Waals surface area contributed by atoms with E-state index in [0.717, 1.165) is 11.1 Å². The minimum atomic E-state index is -0.204. The number of hydrogen-bond acceptors (Lipinski definition) is 5. The van der Waals surface area contributed by atoms with Gasteiger partial charge in [0.05, 0.1) is 7.11 Å². The molecule has 0 unspecified atom stereocenters. The van der Waals surface area contributed by atoms with Crippen molar-refractivity contribution >= 4 is 23.1 Å². The van der Waals surface area contributed by atoms with Gasteiger partial charge in [-0.3, -0.25) is 4.79 Å². The van der Waals surface area contributed by atoms with Crippen molar-refractivity contribution in [1.82, 2.24) is 4.98 Å². The van der Waals surface area contributed by atoms with Gasteiger partial charge in [-0.25, -0.2) is 0 Å². The van der Waals surface area contributed by atoms with Gasteiger partial charge < -0.3 is 14.5 Å². The lowest BCUT2D eigenvalue weighted by molar-refractivity contribution is -0.140. The van der Waals surface area contributed by atoms with E-state index in [-0.39, 0.29) is 5.97 Å². The number of hydrogen-bond donors (Lipinski definition) is 1. The second-order valence-corrected chi connectivity index (χ2v) is 3.59. The highest BCUT2D eigenvalue weighted by Gasteiger charge is 2.04. The molecule has 0 radical (unpaired) electrons. The summed E-state index contributed by atoms with van der Waals surface area (Å²) in [6.07, 6.45) is 1.08. The summed E-state index contributed by atoms with van der Waals surface area (Å²) in [6, 6.07) is 8.04. The highest BCUT2D eigenvalue weighted by atomic mass is 16.5. The number of benzene rings is 1. The quantitative estimate of drug-likeness (QED) is 0.634. The molecule has 2 aromatic rings. The van der Waals surface area contributed by atoms with Crippen molar-refractivity contribution in [3.05, 3.63) is 24.3 Å². The second kappa shape index (κ2) is 5.34. The van der Waals surface area contributed by atoms with E-state index in [0.29, 0.717) is 25.4 Å². The predicted octanol–water partition coefficient (Wildman–Crippen LogP) is 2.19. The van der Waals surface area contributed by atoms with E-state index >= 15 is 0 Å². The van der Waals surface area contributed by atoms with Crippen molar-refractivity contribution in [2.24, 2.45) is 0 Å². The third kappa shape index (κ3) is 2.96. The molecule has 0 fully saturated rings. The Bertz CT molecular complexity index is 474. The average molecular weight is 234 g/mol. The van der Waals surface area contributed by atoms with Crippen LogP contribution in [0.2, 0.25) is 0 Å². The number of para-hydroxylation sites is 2. The first-order chi connectivity index (χ1) is 8.29. The molecule has 0 aliphatic heterocycles. The van der Waals surface area contributed by atoms with E-state index in [4.69, 9.17) is 4.42 Å². The van der Waals surface area contributed by atoms with Gasteiger partial charge >= 0.3 is 5.97 Å². The number of carbonyl (C=O) groups is 1. The summed E-state index contributed by atoms with van der Waals surface area (Å²) in [5.74, 6) is -0.204. The molecular weight excluding hydrogens is 220 g/mol. The van der Waals surface area contributed by atoms with E-state index in [1.165, 1.54) is 7.11 Å². The van der Waals surface area contributed by atoms with Crippen LogP contribution in [0.4, 0.5) is 6.01 Å². The molecule has 17 heavy (non-hydrogen) atoms. The molecule has 0 spiro atoms. The van der Waals surface area contributed by atoms with E-state index in [1.807, 2.05) is 24.3 Å². The summed E-state index contributed by atoms with van der Waals surface area (Å²) in [5, 5.41) is 3.03. The number of nitrogens with zero attached hydrogens (tertiary/aromatic N) is 1. The Morgan fingerprint density at radius 1 is 1.47 bits per heavy atom. The number of anilines is 1. The number of carbonyl (C=O) groups excluding carboxylic acids is 1. The van der Waals surface area contributed by atoms with Gasteiger partial charge in [0.2, 0.25) is 0 Å². The zero-order valence-electron chi connectivity index (χ0n) is 9.60. The predicted molar refractivity (Wildman–Crippen MR) is 63.7 cm³/mol. The Morgan fingerprint density at radius 3 is 3.06 bits per heavy atom. The van der Waals surface area contributed by atoms with Crippen LogP contribution in [-0.4, -0.2) is 24.6 Å². The fraction of sp³-hybridized carbons (Fsp3) is 0.333. The summed E-state index contributed by atoms with van der Waals surface area (Å²) in [7, 11) is 1.39. The summed E-state index contributed by atoms with van der Waals surface area (Å²) < 4.78 is 10.0. The normalized spacial score (nSPS) is 10.4. The van der Waals surface area contributed by atoms with Crippen LogP contribution in [0.5, 0.6) is 0 Å². The third-order valence-corrected chi connectivity index (χ3v) is 2.36. The number of ether oxygens (including phenoxy) is 1. The molecule has 1 aromatic heterocycles. The van der Waals surface area contributed by atoms with Crippen molar-refractivity contribution in [2.45, 2.75) is 12.8 Å². The van der Waals surface area contributed by atoms with E-state index in [2.05, 4.69) is 15.0 Å². The number of fused-ring (bicyclic) bond motifs is 1. The smallest absolute Gasteiger partial charge is 0.305 e.